The van der Waals surface area contributed by atoms with Gasteiger partial charge in [0.2, 0.25) is -0.565 Å². The summed E-state index contributed by atoms with van der Waals surface area (Å²) in [6.45, 7) is 4.02. The van der Waals surface area contributed by atoms with Crippen molar-refractivity contribution in [1.82, 2.24) is 0 Å². The van der Waals surface area contributed by atoms with E-state index in [4.69, 9.17) is 4.74 Å². The summed E-state index contributed by atoms with van der Waals surface area (Å²) >= 11 is 5.84. The van der Waals surface area contributed by atoms with Gasteiger partial charge >= 0.3 is 11.9 Å². The smallest absolute Gasteiger partial charge is 0.349 e. The first-order valence-electron chi connectivity index (χ1n) is 5.15. The van der Waals surface area contributed by atoms with Crippen LogP contribution in [0.1, 0.15) is 39.5 Å². The molecule has 0 radical (unpaired) electrons. The number of esters is 2. The lowest BCUT2D eigenvalue weighted by molar-refractivity contribution is -0.161. The third kappa shape index (κ3) is 6.92. The summed E-state index contributed by atoms with van der Waals surface area (Å²) < 4.78 is 4.16. The summed E-state index contributed by atoms with van der Waals surface area (Å²) in [5.41, 5.74) is 0. The molecule has 0 saturated carbocycles. The van der Waals surface area contributed by atoms with Crippen LogP contribution in [-0.2, 0) is 14.3 Å². The average Bonchev–Trinajstić information content (AvgIpc) is 2.17. The lowest BCUT2D eigenvalue weighted by Gasteiger charge is -2.15. The van der Waals surface area contributed by atoms with Crippen molar-refractivity contribution in [2.75, 3.05) is 0 Å². The molecule has 0 fully saturated rings. The van der Waals surface area contributed by atoms with Gasteiger partial charge in [-0.1, -0.05) is 26.7 Å². The summed E-state index contributed by atoms with van der Waals surface area (Å²) in [5.74, 6) is -1.000. The van der Waals surface area contributed by atoms with E-state index < -0.39 is 5.40 Å². The van der Waals surface area contributed by atoms with Gasteiger partial charge < -0.3 is 4.74 Å². The normalized spacial score (nSPS) is 13.3. The van der Waals surface area contributed by atoms with Crippen molar-refractivity contribution in [1.29, 1.82) is 0 Å². The first-order chi connectivity index (χ1) is 7.32. The van der Waals surface area contributed by atoms with Gasteiger partial charge in [-0.3, -0.25) is 4.79 Å². The lowest BCUT2D eigenvalue weighted by atomic mass is 10.00. The van der Waals surface area contributed by atoms with Crippen molar-refractivity contribution >= 4 is 79.7 Å². The molecular formula is C10H15I3O3. The Labute approximate surface area is 137 Å². The molecule has 0 spiro atoms. The van der Waals surface area contributed by atoms with Gasteiger partial charge in [0.15, 0.2) is 0 Å². The fourth-order valence-corrected chi connectivity index (χ4v) is 1.50. The van der Waals surface area contributed by atoms with Crippen LogP contribution >= 0.6 is 67.8 Å². The SMILES string of the molecule is CCCCC(CC)C(=O)OC(=O)C(I)(I)I. The van der Waals surface area contributed by atoms with Crippen LogP contribution in [0.25, 0.3) is 0 Å². The first kappa shape index (κ1) is 17.3. The summed E-state index contributed by atoms with van der Waals surface area (Å²) in [4.78, 5) is 23.2. The third-order valence-corrected chi connectivity index (χ3v) is 3.48. The van der Waals surface area contributed by atoms with Crippen LogP contribution in [0.15, 0.2) is 0 Å². The highest BCUT2D eigenvalue weighted by Gasteiger charge is 2.33. The largest absolute Gasteiger partial charge is 0.391 e. The molecule has 1 unspecified atom stereocenters. The number of hydrogen-bond acceptors (Lipinski definition) is 3. The second kappa shape index (κ2) is 8.44. The minimum absolute atomic E-state index is 0.143. The maximum absolute atomic E-state index is 11.7. The summed E-state index contributed by atoms with van der Waals surface area (Å²) in [5, 5.41) is 0. The van der Waals surface area contributed by atoms with Crippen LogP contribution < -0.4 is 0 Å². The molecule has 0 aliphatic rings. The quantitative estimate of drug-likeness (QED) is 0.210. The maximum atomic E-state index is 11.7. The van der Waals surface area contributed by atoms with E-state index >= 15 is 0 Å². The monoisotopic (exact) mass is 564 g/mol. The van der Waals surface area contributed by atoms with Crippen LogP contribution in [0, 0.1) is 5.92 Å². The van der Waals surface area contributed by atoms with Crippen molar-refractivity contribution in [3.8, 4) is 0 Å². The molecule has 16 heavy (non-hydrogen) atoms. The number of carbonyl (C=O) groups excluding carboxylic acids is 2. The Morgan fingerprint density at radius 3 is 2.19 bits per heavy atom. The van der Waals surface area contributed by atoms with E-state index in [0.717, 1.165) is 25.7 Å². The minimum Gasteiger partial charge on any atom is -0.391 e. The molecule has 0 N–H and O–H groups in total. The van der Waals surface area contributed by atoms with E-state index in [2.05, 4.69) is 6.92 Å². The fraction of sp³-hybridized carbons (Fsp3) is 0.800. The van der Waals surface area contributed by atoms with E-state index in [-0.39, 0.29) is 11.9 Å². The molecule has 1 atom stereocenters. The van der Waals surface area contributed by atoms with Gasteiger partial charge in [-0.05, 0) is 80.6 Å². The van der Waals surface area contributed by atoms with Crippen molar-refractivity contribution in [2.24, 2.45) is 5.92 Å². The first-order valence-corrected chi connectivity index (χ1v) is 8.39. The van der Waals surface area contributed by atoms with Crippen LogP contribution in [0.5, 0.6) is 0 Å². The molecular weight excluding hydrogens is 549 g/mol. The zero-order valence-electron chi connectivity index (χ0n) is 9.26. The predicted octanol–water partition coefficient (Wildman–Crippen LogP) is 4.23. The van der Waals surface area contributed by atoms with Crippen molar-refractivity contribution in [3.63, 3.8) is 0 Å². The highest BCUT2D eigenvalue weighted by molar-refractivity contribution is 14.3. The zero-order chi connectivity index (χ0) is 12.8. The number of ether oxygens (including phenoxy) is 1. The Morgan fingerprint density at radius 1 is 1.25 bits per heavy atom. The van der Waals surface area contributed by atoms with Crippen molar-refractivity contribution < 1.29 is 14.3 Å². The van der Waals surface area contributed by atoms with Gasteiger partial charge in [0, 0.05) is 0 Å². The topological polar surface area (TPSA) is 43.4 Å². The summed E-state index contributed by atoms with van der Waals surface area (Å²) in [6, 6.07) is 0. The van der Waals surface area contributed by atoms with E-state index in [1.807, 2.05) is 74.7 Å². The minimum atomic E-state index is -0.702. The Bertz CT molecular complexity index is 248. The molecule has 0 heterocycles. The van der Waals surface area contributed by atoms with Crippen LogP contribution in [0.3, 0.4) is 0 Å². The van der Waals surface area contributed by atoms with Crippen LogP contribution in [0.2, 0.25) is 0 Å². The number of unbranched alkanes of at least 4 members (excludes halogenated alkanes) is 1. The van der Waals surface area contributed by atoms with Gasteiger partial charge in [0.05, 0.1) is 5.92 Å². The molecule has 94 valence electrons. The summed E-state index contributed by atoms with van der Waals surface area (Å²) in [6.07, 6.45) is 3.57. The Balaban J connectivity index is 4.26. The average molecular weight is 564 g/mol. The van der Waals surface area contributed by atoms with Gasteiger partial charge in [-0.25, -0.2) is 4.79 Å². The predicted molar refractivity (Wildman–Crippen MR) is 89.2 cm³/mol. The van der Waals surface area contributed by atoms with E-state index in [1.54, 1.807) is 0 Å². The highest BCUT2D eigenvalue weighted by atomic mass is 127. The van der Waals surface area contributed by atoms with Gasteiger partial charge in [0.25, 0.3) is 0 Å². The zero-order valence-corrected chi connectivity index (χ0v) is 15.7. The van der Waals surface area contributed by atoms with Gasteiger partial charge in [0.1, 0.15) is 0 Å². The molecule has 0 aromatic rings. The van der Waals surface area contributed by atoms with Crippen LogP contribution in [0.4, 0.5) is 0 Å². The number of halogens is 3. The van der Waals surface area contributed by atoms with E-state index in [1.165, 1.54) is 0 Å². The Hall–Kier alpha value is 1.33. The lowest BCUT2D eigenvalue weighted by Crippen LogP contribution is -2.27. The van der Waals surface area contributed by atoms with E-state index in [0.29, 0.717) is 0 Å². The fourth-order valence-electron chi connectivity index (χ4n) is 1.17. The Morgan fingerprint density at radius 2 is 1.81 bits per heavy atom. The number of hydrogen-bond donors (Lipinski definition) is 0. The van der Waals surface area contributed by atoms with Crippen molar-refractivity contribution in [3.05, 3.63) is 0 Å². The molecule has 0 aliphatic carbocycles. The molecule has 0 amide bonds. The summed E-state index contributed by atoms with van der Waals surface area (Å²) in [7, 11) is 0. The third-order valence-electron chi connectivity index (χ3n) is 2.16. The van der Waals surface area contributed by atoms with E-state index in [9.17, 15) is 9.59 Å². The molecule has 0 rings (SSSR count). The highest BCUT2D eigenvalue weighted by Crippen LogP contribution is 2.37. The molecule has 3 nitrogen and oxygen atoms in total. The number of carbonyl (C=O) groups is 2. The molecule has 0 saturated heterocycles. The molecule has 0 aromatic carbocycles. The molecule has 6 heteroatoms. The van der Waals surface area contributed by atoms with Crippen molar-refractivity contribution in [2.45, 2.75) is 39.0 Å². The number of alkyl halides is 3. The van der Waals surface area contributed by atoms with Gasteiger partial charge in [-0.2, -0.15) is 0 Å². The second-order valence-electron chi connectivity index (χ2n) is 3.45. The number of rotatable bonds is 6. The van der Waals surface area contributed by atoms with Crippen LogP contribution in [-0.4, -0.2) is 11.4 Å². The molecule has 0 aromatic heterocycles. The maximum Gasteiger partial charge on any atom is 0.349 e. The standard InChI is InChI=1S/C10H15I3O3/c1-3-5-6-7(4-2)8(14)16-9(15)10(11,12)13/h7H,3-6H2,1-2H3. The molecule has 0 aliphatic heterocycles. The Kier molecular flexibility index (Phi) is 9.14. The molecule has 0 bridgehead atoms. The second-order valence-corrected chi connectivity index (χ2v) is 14.5. The van der Waals surface area contributed by atoms with Gasteiger partial charge in [-0.15, -0.1) is 0 Å².